The summed E-state index contributed by atoms with van der Waals surface area (Å²) in [6.45, 7) is 4.53. The molecule has 1 amide bonds. The van der Waals surface area contributed by atoms with Gasteiger partial charge >= 0.3 is 0 Å². The Bertz CT molecular complexity index is 502. The minimum absolute atomic E-state index is 0.0280. The van der Waals surface area contributed by atoms with Crippen LogP contribution in [0.5, 0.6) is 0 Å². The van der Waals surface area contributed by atoms with Crippen LogP contribution in [0.25, 0.3) is 0 Å². The molecule has 0 fully saturated rings. The second kappa shape index (κ2) is 5.70. The van der Waals surface area contributed by atoms with E-state index in [1.165, 1.54) is 0 Å². The Kier molecular flexibility index (Phi) is 4.39. The highest BCUT2D eigenvalue weighted by Crippen LogP contribution is 2.37. The highest BCUT2D eigenvalue weighted by Gasteiger charge is 2.29. The third-order valence-electron chi connectivity index (χ3n) is 3.50. The van der Waals surface area contributed by atoms with Crippen molar-refractivity contribution in [2.75, 3.05) is 6.54 Å². The van der Waals surface area contributed by atoms with Gasteiger partial charge in [0, 0.05) is 29.1 Å². The van der Waals surface area contributed by atoms with Gasteiger partial charge in [-0.15, -0.1) is 0 Å². The molecule has 2 atom stereocenters. The second-order valence-corrected chi connectivity index (χ2v) is 6.00. The molecule has 0 saturated carbocycles. The molecule has 0 spiro atoms. The third-order valence-corrected chi connectivity index (χ3v) is 4.04. The summed E-state index contributed by atoms with van der Waals surface area (Å²) in [6.07, 6.45) is 1.15. The number of carbonyl (C=O) groups is 1. The van der Waals surface area contributed by atoms with Crippen LogP contribution in [0.2, 0.25) is 10.0 Å². The van der Waals surface area contributed by atoms with Crippen molar-refractivity contribution in [2.24, 2.45) is 5.73 Å². The first-order valence-corrected chi connectivity index (χ1v) is 7.18. The predicted molar refractivity (Wildman–Crippen MR) is 78.6 cm³/mol. The van der Waals surface area contributed by atoms with Crippen LogP contribution >= 0.6 is 23.2 Å². The molecule has 1 aliphatic heterocycles. The van der Waals surface area contributed by atoms with E-state index in [4.69, 9.17) is 28.9 Å². The van der Waals surface area contributed by atoms with E-state index < -0.39 is 0 Å². The molecule has 2 N–H and O–H groups in total. The van der Waals surface area contributed by atoms with E-state index >= 15 is 0 Å². The Morgan fingerprint density at radius 3 is 2.84 bits per heavy atom. The molecule has 104 valence electrons. The molecule has 2 rings (SSSR count). The molecule has 1 heterocycles. The molecule has 0 bridgehead atoms. The number of halogens is 2. The summed E-state index contributed by atoms with van der Waals surface area (Å²) in [7, 11) is 0. The van der Waals surface area contributed by atoms with Gasteiger partial charge in [0.1, 0.15) is 0 Å². The number of nitrogens with zero attached hydrogens (tertiary/aromatic N) is 1. The smallest absolute Gasteiger partial charge is 0.224 e. The molecule has 3 nitrogen and oxygen atoms in total. The van der Waals surface area contributed by atoms with Crippen molar-refractivity contribution in [3.8, 4) is 0 Å². The SMILES string of the molecule is CC(N)CC(=O)N1CCc2cc(Cl)cc(Cl)c2C1C. The Balaban J connectivity index is 2.29. The number of carbonyl (C=O) groups excluding carboxylic acids is 1. The molecule has 19 heavy (non-hydrogen) atoms. The van der Waals surface area contributed by atoms with Gasteiger partial charge in [-0.2, -0.15) is 0 Å². The molecule has 0 radical (unpaired) electrons. The van der Waals surface area contributed by atoms with Crippen LogP contribution in [0.4, 0.5) is 0 Å². The molecule has 1 aliphatic rings. The number of hydrogen-bond acceptors (Lipinski definition) is 2. The van der Waals surface area contributed by atoms with E-state index in [0.29, 0.717) is 23.0 Å². The first kappa shape index (κ1) is 14.6. The van der Waals surface area contributed by atoms with Crippen molar-refractivity contribution >= 4 is 29.1 Å². The maximum absolute atomic E-state index is 12.2. The van der Waals surface area contributed by atoms with Gasteiger partial charge in [-0.05, 0) is 43.5 Å². The van der Waals surface area contributed by atoms with Crippen LogP contribution < -0.4 is 5.73 Å². The lowest BCUT2D eigenvalue weighted by Crippen LogP contribution is -2.41. The van der Waals surface area contributed by atoms with Crippen molar-refractivity contribution in [3.05, 3.63) is 33.3 Å². The molecule has 1 aromatic carbocycles. The Labute approximate surface area is 123 Å². The number of hydrogen-bond donors (Lipinski definition) is 1. The van der Waals surface area contributed by atoms with Crippen molar-refractivity contribution in [1.82, 2.24) is 4.90 Å². The van der Waals surface area contributed by atoms with Gasteiger partial charge in [0.2, 0.25) is 5.91 Å². The number of rotatable bonds is 2. The van der Waals surface area contributed by atoms with Gasteiger partial charge in [-0.1, -0.05) is 23.2 Å². The fraction of sp³-hybridized carbons (Fsp3) is 0.500. The summed E-state index contributed by atoms with van der Waals surface area (Å²) >= 11 is 12.3. The van der Waals surface area contributed by atoms with Crippen molar-refractivity contribution in [3.63, 3.8) is 0 Å². The number of fused-ring (bicyclic) bond motifs is 1. The van der Waals surface area contributed by atoms with Gasteiger partial charge < -0.3 is 10.6 Å². The van der Waals surface area contributed by atoms with Crippen LogP contribution in [0.15, 0.2) is 12.1 Å². The summed E-state index contributed by atoms with van der Waals surface area (Å²) in [5.41, 5.74) is 7.84. The summed E-state index contributed by atoms with van der Waals surface area (Å²) < 4.78 is 0. The zero-order chi connectivity index (χ0) is 14.2. The Morgan fingerprint density at radius 1 is 1.53 bits per heavy atom. The zero-order valence-electron chi connectivity index (χ0n) is 11.1. The molecule has 5 heteroatoms. The fourth-order valence-electron chi connectivity index (χ4n) is 2.64. The van der Waals surface area contributed by atoms with E-state index in [-0.39, 0.29) is 18.0 Å². The van der Waals surface area contributed by atoms with Crippen LogP contribution in [0.1, 0.15) is 37.4 Å². The first-order chi connectivity index (χ1) is 8.90. The standard InChI is InChI=1S/C14H18Cl2N2O/c1-8(17)5-13(19)18-4-3-10-6-11(15)7-12(16)14(10)9(18)2/h6-9H,3-5,17H2,1-2H3. The van der Waals surface area contributed by atoms with Gasteiger partial charge in [0.05, 0.1) is 6.04 Å². The van der Waals surface area contributed by atoms with E-state index in [9.17, 15) is 4.79 Å². The largest absolute Gasteiger partial charge is 0.335 e. The van der Waals surface area contributed by atoms with Crippen LogP contribution in [-0.2, 0) is 11.2 Å². The molecule has 2 unspecified atom stereocenters. The first-order valence-electron chi connectivity index (χ1n) is 6.43. The van der Waals surface area contributed by atoms with Crippen molar-refractivity contribution < 1.29 is 4.79 Å². The molecule has 1 aromatic rings. The zero-order valence-corrected chi connectivity index (χ0v) is 12.6. The summed E-state index contributed by atoms with van der Waals surface area (Å²) in [6, 6.07) is 3.52. The average Bonchev–Trinajstić information content (AvgIpc) is 2.26. The minimum atomic E-state index is -0.123. The number of nitrogens with two attached hydrogens (primary N) is 1. The third kappa shape index (κ3) is 3.04. The normalized spacial score (nSPS) is 20.1. The van der Waals surface area contributed by atoms with Crippen LogP contribution in [-0.4, -0.2) is 23.4 Å². The predicted octanol–water partition coefficient (Wildman–Crippen LogP) is 3.18. The molecule has 0 saturated heterocycles. The van der Waals surface area contributed by atoms with E-state index in [1.54, 1.807) is 6.07 Å². The fourth-order valence-corrected chi connectivity index (χ4v) is 3.33. The monoisotopic (exact) mass is 300 g/mol. The summed E-state index contributed by atoms with van der Waals surface area (Å²) in [5.74, 6) is 0.0826. The topological polar surface area (TPSA) is 46.3 Å². The van der Waals surface area contributed by atoms with E-state index in [2.05, 4.69) is 0 Å². The Morgan fingerprint density at radius 2 is 2.21 bits per heavy atom. The van der Waals surface area contributed by atoms with Gasteiger partial charge in [-0.3, -0.25) is 4.79 Å². The van der Waals surface area contributed by atoms with Crippen molar-refractivity contribution in [2.45, 2.75) is 38.8 Å². The number of amides is 1. The van der Waals surface area contributed by atoms with Crippen LogP contribution in [0, 0.1) is 0 Å². The van der Waals surface area contributed by atoms with Gasteiger partial charge in [-0.25, -0.2) is 0 Å². The molecular formula is C14H18Cl2N2O. The minimum Gasteiger partial charge on any atom is -0.335 e. The molecule has 0 aromatic heterocycles. The van der Waals surface area contributed by atoms with E-state index in [0.717, 1.165) is 17.5 Å². The lowest BCUT2D eigenvalue weighted by molar-refractivity contribution is -0.134. The average molecular weight is 301 g/mol. The lowest BCUT2D eigenvalue weighted by Gasteiger charge is -2.36. The summed E-state index contributed by atoms with van der Waals surface area (Å²) in [4.78, 5) is 14.0. The van der Waals surface area contributed by atoms with Crippen LogP contribution in [0.3, 0.4) is 0 Å². The lowest BCUT2D eigenvalue weighted by atomic mass is 9.93. The highest BCUT2D eigenvalue weighted by molar-refractivity contribution is 6.35. The summed E-state index contributed by atoms with van der Waals surface area (Å²) in [5, 5.41) is 1.28. The maximum atomic E-state index is 12.2. The quantitative estimate of drug-likeness (QED) is 0.912. The van der Waals surface area contributed by atoms with Gasteiger partial charge in [0.25, 0.3) is 0 Å². The molecule has 0 aliphatic carbocycles. The van der Waals surface area contributed by atoms with E-state index in [1.807, 2.05) is 24.8 Å². The maximum Gasteiger partial charge on any atom is 0.224 e. The number of benzene rings is 1. The van der Waals surface area contributed by atoms with Gasteiger partial charge in [0.15, 0.2) is 0 Å². The highest BCUT2D eigenvalue weighted by atomic mass is 35.5. The Hall–Kier alpha value is -0.770. The molecular weight excluding hydrogens is 283 g/mol. The van der Waals surface area contributed by atoms with Crippen molar-refractivity contribution in [1.29, 1.82) is 0 Å². The second-order valence-electron chi connectivity index (χ2n) is 5.15.